The van der Waals surface area contributed by atoms with Gasteiger partial charge in [0.25, 0.3) is 0 Å². The van der Waals surface area contributed by atoms with Crippen molar-refractivity contribution in [3.8, 4) is 11.5 Å². The van der Waals surface area contributed by atoms with Crippen LogP contribution in [0.4, 0.5) is 0 Å². The van der Waals surface area contributed by atoms with E-state index < -0.39 is 0 Å². The van der Waals surface area contributed by atoms with Crippen molar-refractivity contribution in [2.75, 3.05) is 26.8 Å². The van der Waals surface area contributed by atoms with Crippen LogP contribution in [0.25, 0.3) is 0 Å². The van der Waals surface area contributed by atoms with Gasteiger partial charge in [0.05, 0.1) is 13.2 Å². The van der Waals surface area contributed by atoms with Crippen LogP contribution in [0.2, 0.25) is 0 Å². The summed E-state index contributed by atoms with van der Waals surface area (Å²) in [7, 11) is 1.64. The minimum Gasteiger partial charge on any atom is -0.508 e. The number of aromatic hydroxyl groups is 1. The molecule has 1 N–H and O–H groups in total. The van der Waals surface area contributed by atoms with E-state index in [1.165, 1.54) is 0 Å². The van der Waals surface area contributed by atoms with Gasteiger partial charge in [-0.3, -0.25) is 4.90 Å². The summed E-state index contributed by atoms with van der Waals surface area (Å²) in [6, 6.07) is 5.37. The van der Waals surface area contributed by atoms with Crippen molar-refractivity contribution in [1.82, 2.24) is 4.90 Å². The fourth-order valence-electron chi connectivity index (χ4n) is 2.58. The first-order valence-corrected chi connectivity index (χ1v) is 6.92. The quantitative estimate of drug-likeness (QED) is 0.887. The van der Waals surface area contributed by atoms with Crippen LogP contribution in [0.3, 0.4) is 0 Å². The molecule has 4 nitrogen and oxygen atoms in total. The van der Waals surface area contributed by atoms with E-state index in [-0.39, 0.29) is 0 Å². The van der Waals surface area contributed by atoms with E-state index in [0.717, 1.165) is 50.4 Å². The molecule has 1 heterocycles. The monoisotopic (exact) mass is 265 g/mol. The number of phenols is 1. The second kappa shape index (κ2) is 6.78. The molecule has 1 aromatic rings. The molecule has 1 atom stereocenters. The summed E-state index contributed by atoms with van der Waals surface area (Å²) in [5.74, 6) is 1.12. The fraction of sp³-hybridized carbons (Fsp3) is 0.600. The van der Waals surface area contributed by atoms with Gasteiger partial charge in [-0.05, 0) is 44.5 Å². The minimum absolute atomic E-state index is 0.325. The third kappa shape index (κ3) is 3.85. The summed E-state index contributed by atoms with van der Waals surface area (Å²) in [5.41, 5.74) is 0.913. The zero-order valence-electron chi connectivity index (χ0n) is 11.8. The van der Waals surface area contributed by atoms with E-state index in [0.29, 0.717) is 11.9 Å². The average Bonchev–Trinajstić information content (AvgIpc) is 2.42. The highest BCUT2D eigenvalue weighted by molar-refractivity contribution is 5.39. The normalized spacial score (nSPS) is 20.4. The Morgan fingerprint density at radius 2 is 2.26 bits per heavy atom. The number of rotatable bonds is 5. The molecule has 1 unspecified atom stereocenters. The zero-order chi connectivity index (χ0) is 13.7. The largest absolute Gasteiger partial charge is 0.508 e. The number of hydrogen-bond acceptors (Lipinski definition) is 4. The van der Waals surface area contributed by atoms with E-state index in [4.69, 9.17) is 9.47 Å². The van der Waals surface area contributed by atoms with E-state index in [1.54, 1.807) is 19.2 Å². The fourth-order valence-corrected chi connectivity index (χ4v) is 2.58. The molecule has 0 spiro atoms. The van der Waals surface area contributed by atoms with Crippen LogP contribution in [0.15, 0.2) is 18.2 Å². The predicted molar refractivity (Wildman–Crippen MR) is 74.6 cm³/mol. The van der Waals surface area contributed by atoms with Crippen molar-refractivity contribution in [2.45, 2.75) is 32.4 Å². The van der Waals surface area contributed by atoms with Crippen molar-refractivity contribution in [3.05, 3.63) is 23.8 Å². The molecule has 19 heavy (non-hydrogen) atoms. The molecule has 0 aromatic heterocycles. The first-order chi connectivity index (χ1) is 9.22. The number of piperidine rings is 1. The standard InChI is InChI=1S/C15H23NO3/c1-3-19-14-5-4-8-16(11-14)10-12-9-13(18-2)6-7-15(12)17/h6-7,9,14,17H,3-5,8,10-11H2,1-2H3. The molecule has 1 fully saturated rings. The molecule has 0 bridgehead atoms. The molecule has 1 aliphatic heterocycles. The van der Waals surface area contributed by atoms with Crippen LogP contribution >= 0.6 is 0 Å². The summed E-state index contributed by atoms with van der Waals surface area (Å²) < 4.78 is 10.9. The van der Waals surface area contributed by atoms with Crippen LogP contribution < -0.4 is 4.74 Å². The van der Waals surface area contributed by atoms with E-state index in [9.17, 15) is 5.11 Å². The lowest BCUT2D eigenvalue weighted by molar-refractivity contribution is 0.00345. The molecular formula is C15H23NO3. The molecule has 0 radical (unpaired) electrons. The van der Waals surface area contributed by atoms with Gasteiger partial charge < -0.3 is 14.6 Å². The summed E-state index contributed by atoms with van der Waals surface area (Å²) >= 11 is 0. The lowest BCUT2D eigenvalue weighted by atomic mass is 10.1. The maximum Gasteiger partial charge on any atom is 0.120 e. The smallest absolute Gasteiger partial charge is 0.120 e. The second-order valence-electron chi connectivity index (χ2n) is 4.95. The molecule has 1 saturated heterocycles. The molecular weight excluding hydrogens is 242 g/mol. The van der Waals surface area contributed by atoms with Gasteiger partial charge in [0.15, 0.2) is 0 Å². The highest BCUT2D eigenvalue weighted by atomic mass is 16.5. The Morgan fingerprint density at radius 1 is 1.42 bits per heavy atom. The van der Waals surface area contributed by atoms with Crippen molar-refractivity contribution >= 4 is 0 Å². The minimum atomic E-state index is 0.325. The highest BCUT2D eigenvalue weighted by Gasteiger charge is 2.20. The molecule has 1 aromatic carbocycles. The van der Waals surface area contributed by atoms with Crippen LogP contribution in [0.5, 0.6) is 11.5 Å². The third-order valence-corrected chi connectivity index (χ3v) is 3.55. The van der Waals surface area contributed by atoms with Gasteiger partial charge in [-0.2, -0.15) is 0 Å². The van der Waals surface area contributed by atoms with Crippen LogP contribution in [-0.2, 0) is 11.3 Å². The molecule has 0 saturated carbocycles. The molecule has 106 valence electrons. The maximum absolute atomic E-state index is 9.92. The summed E-state index contributed by atoms with van der Waals surface area (Å²) in [5, 5.41) is 9.92. The molecule has 4 heteroatoms. The van der Waals surface area contributed by atoms with E-state index >= 15 is 0 Å². The Morgan fingerprint density at radius 3 is 3.00 bits per heavy atom. The Hall–Kier alpha value is -1.26. The summed E-state index contributed by atoms with van der Waals surface area (Å²) in [6.45, 7) is 5.53. The first-order valence-electron chi connectivity index (χ1n) is 6.92. The Labute approximate surface area is 114 Å². The predicted octanol–water partition coefficient (Wildman–Crippen LogP) is 2.40. The van der Waals surface area contributed by atoms with Crippen molar-refractivity contribution in [3.63, 3.8) is 0 Å². The second-order valence-corrected chi connectivity index (χ2v) is 4.95. The number of nitrogens with zero attached hydrogens (tertiary/aromatic N) is 1. The van der Waals surface area contributed by atoms with Gasteiger partial charge in [-0.1, -0.05) is 0 Å². The average molecular weight is 265 g/mol. The van der Waals surface area contributed by atoms with Crippen LogP contribution in [0.1, 0.15) is 25.3 Å². The maximum atomic E-state index is 9.92. The lowest BCUT2D eigenvalue weighted by Gasteiger charge is -2.32. The van der Waals surface area contributed by atoms with E-state index in [2.05, 4.69) is 4.90 Å². The van der Waals surface area contributed by atoms with Crippen molar-refractivity contribution in [2.24, 2.45) is 0 Å². The summed E-state index contributed by atoms with van der Waals surface area (Å²) in [6.07, 6.45) is 2.61. The molecule has 0 amide bonds. The molecule has 1 aliphatic rings. The number of hydrogen-bond donors (Lipinski definition) is 1. The van der Waals surface area contributed by atoms with Gasteiger partial charge >= 0.3 is 0 Å². The first kappa shape index (κ1) is 14.2. The van der Waals surface area contributed by atoms with Gasteiger partial charge in [-0.15, -0.1) is 0 Å². The van der Waals surface area contributed by atoms with E-state index in [1.807, 2.05) is 13.0 Å². The van der Waals surface area contributed by atoms with Crippen molar-refractivity contribution < 1.29 is 14.6 Å². The zero-order valence-corrected chi connectivity index (χ0v) is 11.8. The Bertz CT molecular complexity index is 406. The van der Waals surface area contributed by atoms with Gasteiger partial charge in [0.2, 0.25) is 0 Å². The molecule has 0 aliphatic carbocycles. The number of ether oxygens (including phenoxy) is 2. The van der Waals surface area contributed by atoms with Crippen molar-refractivity contribution in [1.29, 1.82) is 0 Å². The number of methoxy groups -OCH3 is 1. The van der Waals surface area contributed by atoms with Crippen LogP contribution in [0, 0.1) is 0 Å². The van der Waals surface area contributed by atoms with Crippen LogP contribution in [-0.4, -0.2) is 42.9 Å². The summed E-state index contributed by atoms with van der Waals surface area (Å²) in [4.78, 5) is 2.33. The number of phenolic OH excluding ortho intramolecular Hbond substituents is 1. The SMILES string of the molecule is CCOC1CCCN(Cc2cc(OC)ccc2O)C1. The molecule has 2 rings (SSSR count). The van der Waals surface area contributed by atoms with Gasteiger partial charge in [0.1, 0.15) is 11.5 Å². The lowest BCUT2D eigenvalue weighted by Crippen LogP contribution is -2.39. The van der Waals surface area contributed by atoms with Gasteiger partial charge in [0, 0.05) is 25.3 Å². The number of benzene rings is 1. The Balaban J connectivity index is 2.00. The number of likely N-dealkylation sites (tertiary alicyclic amines) is 1. The van der Waals surface area contributed by atoms with Gasteiger partial charge in [-0.25, -0.2) is 0 Å². The highest BCUT2D eigenvalue weighted by Crippen LogP contribution is 2.25. The Kier molecular flexibility index (Phi) is 5.05. The topological polar surface area (TPSA) is 41.9 Å². The third-order valence-electron chi connectivity index (χ3n) is 3.55.